The quantitative estimate of drug-likeness (QED) is 0.584. The fourth-order valence-electron chi connectivity index (χ4n) is 4.08. The standard InChI is InChI=1S/C22H29N2O5/c1-28-20-8-5-17(13-21(20)29-2)22(11-9-19(25)10-12-22)15-23-14-16-3-6-18(7-4-16)24(26)27/h3-8,13,19,23,25-26H,9-12,14-15H2,1-2H3/q-1. The fraction of sp³-hybridized carbons (Fsp3) is 0.455. The van der Waals surface area contributed by atoms with Crippen LogP contribution in [-0.2, 0) is 12.0 Å². The van der Waals surface area contributed by atoms with E-state index in [2.05, 4.69) is 11.4 Å². The molecule has 1 saturated carbocycles. The van der Waals surface area contributed by atoms with Crippen LogP contribution in [0.2, 0.25) is 0 Å². The Balaban J connectivity index is 1.75. The molecule has 2 aromatic carbocycles. The third kappa shape index (κ3) is 5.00. The molecular weight excluding hydrogens is 372 g/mol. The molecule has 0 radical (unpaired) electrons. The van der Waals surface area contributed by atoms with Crippen LogP contribution in [0.1, 0.15) is 36.8 Å². The Bertz CT molecular complexity index is 786. The fourth-order valence-corrected chi connectivity index (χ4v) is 4.08. The highest BCUT2D eigenvalue weighted by Gasteiger charge is 2.36. The second-order valence-electron chi connectivity index (χ2n) is 7.62. The minimum Gasteiger partial charge on any atom is -0.733 e. The third-order valence-corrected chi connectivity index (χ3v) is 5.86. The summed E-state index contributed by atoms with van der Waals surface area (Å²) >= 11 is 0. The normalized spacial score (nSPS) is 21.6. The monoisotopic (exact) mass is 401 g/mol. The molecule has 0 spiro atoms. The highest BCUT2D eigenvalue weighted by molar-refractivity contribution is 5.46. The number of ether oxygens (including phenoxy) is 2. The maximum atomic E-state index is 10.9. The van der Waals surface area contributed by atoms with E-state index in [1.165, 1.54) is 5.56 Å². The van der Waals surface area contributed by atoms with Crippen LogP contribution in [0.5, 0.6) is 11.5 Å². The van der Waals surface area contributed by atoms with Crippen molar-refractivity contribution in [2.75, 3.05) is 26.0 Å². The predicted molar refractivity (Wildman–Crippen MR) is 111 cm³/mol. The summed E-state index contributed by atoms with van der Waals surface area (Å²) in [5.74, 6) is 1.41. The average Bonchev–Trinajstić information content (AvgIpc) is 2.75. The van der Waals surface area contributed by atoms with Gasteiger partial charge in [-0.05, 0) is 61.1 Å². The van der Waals surface area contributed by atoms with Crippen molar-refractivity contribution in [3.8, 4) is 11.5 Å². The molecule has 0 amide bonds. The van der Waals surface area contributed by atoms with Gasteiger partial charge in [0.25, 0.3) is 0 Å². The van der Waals surface area contributed by atoms with E-state index in [9.17, 15) is 10.3 Å². The van der Waals surface area contributed by atoms with Gasteiger partial charge in [0.1, 0.15) is 0 Å². The molecule has 0 aliphatic heterocycles. The second kappa shape index (κ2) is 9.45. The summed E-state index contributed by atoms with van der Waals surface area (Å²) in [5.41, 5.74) is 2.30. The maximum absolute atomic E-state index is 10.9. The molecule has 7 heteroatoms. The van der Waals surface area contributed by atoms with E-state index in [1.807, 2.05) is 24.3 Å². The molecule has 3 rings (SSSR count). The zero-order valence-electron chi connectivity index (χ0n) is 16.9. The van der Waals surface area contributed by atoms with Gasteiger partial charge < -0.3 is 30.3 Å². The van der Waals surface area contributed by atoms with Gasteiger partial charge in [-0.3, -0.25) is 5.21 Å². The van der Waals surface area contributed by atoms with Crippen molar-refractivity contribution in [3.63, 3.8) is 0 Å². The van der Waals surface area contributed by atoms with E-state index in [1.54, 1.807) is 26.4 Å². The molecule has 0 bridgehead atoms. The molecular formula is C22H29N2O5-. The van der Waals surface area contributed by atoms with Gasteiger partial charge in [-0.25, -0.2) is 0 Å². The lowest BCUT2D eigenvalue weighted by molar-refractivity contribution is 0.0943. The Hall–Kier alpha value is -2.32. The Morgan fingerprint density at radius 2 is 1.72 bits per heavy atom. The molecule has 1 aliphatic carbocycles. The minimum atomic E-state index is -0.246. The van der Waals surface area contributed by atoms with E-state index in [0.29, 0.717) is 18.0 Å². The largest absolute Gasteiger partial charge is 0.733 e. The number of aliphatic hydroxyl groups is 1. The summed E-state index contributed by atoms with van der Waals surface area (Å²) in [4.78, 5) is 0. The smallest absolute Gasteiger partial charge is 0.161 e. The second-order valence-corrected chi connectivity index (χ2v) is 7.62. The van der Waals surface area contributed by atoms with E-state index >= 15 is 0 Å². The van der Waals surface area contributed by atoms with Gasteiger partial charge in [-0.1, -0.05) is 18.2 Å². The summed E-state index contributed by atoms with van der Waals surface area (Å²) in [6, 6.07) is 12.9. The Kier molecular flexibility index (Phi) is 6.97. The van der Waals surface area contributed by atoms with Crippen molar-refractivity contribution in [1.82, 2.24) is 5.32 Å². The van der Waals surface area contributed by atoms with Crippen LogP contribution in [0, 0.1) is 5.21 Å². The number of nitrogens with zero attached hydrogens (tertiary/aromatic N) is 1. The predicted octanol–water partition coefficient (Wildman–Crippen LogP) is 3.36. The van der Waals surface area contributed by atoms with Crippen LogP contribution >= 0.6 is 0 Å². The van der Waals surface area contributed by atoms with Crippen LogP contribution in [0.15, 0.2) is 42.5 Å². The number of methoxy groups -OCH3 is 2. The van der Waals surface area contributed by atoms with E-state index < -0.39 is 0 Å². The Morgan fingerprint density at radius 1 is 1.07 bits per heavy atom. The van der Waals surface area contributed by atoms with Gasteiger partial charge >= 0.3 is 0 Å². The number of benzene rings is 2. The lowest BCUT2D eigenvalue weighted by Crippen LogP contribution is -2.42. The molecule has 0 saturated heterocycles. The van der Waals surface area contributed by atoms with Crippen molar-refractivity contribution >= 4 is 5.69 Å². The van der Waals surface area contributed by atoms with Gasteiger partial charge in [-0.15, -0.1) is 0 Å². The number of hydrogen-bond donors (Lipinski definition) is 3. The SMILES string of the molecule is COc1ccc(C2(CNCc3ccc(N([O-])O)cc3)CCC(O)CC2)cc1OC. The van der Waals surface area contributed by atoms with E-state index in [4.69, 9.17) is 14.7 Å². The summed E-state index contributed by atoms with van der Waals surface area (Å²) in [6.45, 7) is 1.40. The number of hydrogen-bond acceptors (Lipinski definition) is 7. The summed E-state index contributed by atoms with van der Waals surface area (Å²) < 4.78 is 10.9. The summed E-state index contributed by atoms with van der Waals surface area (Å²) in [5, 5.41) is 33.3. The first kappa shape index (κ1) is 21.4. The van der Waals surface area contributed by atoms with Gasteiger partial charge in [0.2, 0.25) is 0 Å². The molecule has 158 valence electrons. The van der Waals surface area contributed by atoms with Crippen LogP contribution < -0.4 is 20.0 Å². The molecule has 1 fully saturated rings. The molecule has 0 unspecified atom stereocenters. The Morgan fingerprint density at radius 3 is 2.31 bits per heavy atom. The summed E-state index contributed by atoms with van der Waals surface area (Å²) in [6.07, 6.45) is 3.04. The van der Waals surface area contributed by atoms with Gasteiger partial charge in [0, 0.05) is 18.5 Å². The Labute approximate surface area is 171 Å². The molecule has 1 aliphatic rings. The van der Waals surface area contributed by atoms with Crippen molar-refractivity contribution in [3.05, 3.63) is 58.8 Å². The highest BCUT2D eigenvalue weighted by Crippen LogP contribution is 2.42. The molecule has 29 heavy (non-hydrogen) atoms. The van der Waals surface area contributed by atoms with Crippen molar-refractivity contribution < 1.29 is 19.8 Å². The molecule has 7 nitrogen and oxygen atoms in total. The number of aliphatic hydroxyl groups excluding tert-OH is 1. The van der Waals surface area contributed by atoms with E-state index in [-0.39, 0.29) is 22.4 Å². The van der Waals surface area contributed by atoms with Gasteiger partial charge in [0.05, 0.1) is 26.0 Å². The topological polar surface area (TPSA) is 97.3 Å². The lowest BCUT2D eigenvalue weighted by Gasteiger charge is -2.40. The molecule has 3 N–H and O–H groups in total. The van der Waals surface area contributed by atoms with Crippen LogP contribution in [0.3, 0.4) is 0 Å². The molecule has 0 aromatic heterocycles. The van der Waals surface area contributed by atoms with Gasteiger partial charge in [-0.2, -0.15) is 0 Å². The van der Waals surface area contributed by atoms with E-state index in [0.717, 1.165) is 37.8 Å². The number of anilines is 1. The van der Waals surface area contributed by atoms with Crippen molar-refractivity contribution in [2.45, 2.75) is 43.7 Å². The highest BCUT2D eigenvalue weighted by atomic mass is 16.8. The van der Waals surface area contributed by atoms with Crippen molar-refractivity contribution in [1.29, 1.82) is 0 Å². The zero-order valence-corrected chi connectivity index (χ0v) is 16.9. The summed E-state index contributed by atoms with van der Waals surface area (Å²) in [7, 11) is 3.26. The zero-order chi connectivity index (χ0) is 20.9. The van der Waals surface area contributed by atoms with Crippen LogP contribution in [0.4, 0.5) is 5.69 Å². The van der Waals surface area contributed by atoms with Gasteiger partial charge in [0.15, 0.2) is 11.5 Å². The number of rotatable bonds is 8. The average molecular weight is 401 g/mol. The first-order valence-electron chi connectivity index (χ1n) is 9.84. The van der Waals surface area contributed by atoms with Crippen LogP contribution in [-0.4, -0.2) is 37.2 Å². The third-order valence-electron chi connectivity index (χ3n) is 5.86. The first-order chi connectivity index (χ1) is 14.0. The molecule has 2 aromatic rings. The molecule has 0 heterocycles. The lowest BCUT2D eigenvalue weighted by atomic mass is 9.68. The first-order valence-corrected chi connectivity index (χ1v) is 9.84. The number of nitrogens with one attached hydrogen (secondary N) is 1. The minimum absolute atomic E-state index is 0.102. The molecule has 0 atom stereocenters. The maximum Gasteiger partial charge on any atom is 0.161 e. The van der Waals surface area contributed by atoms with Crippen LogP contribution in [0.25, 0.3) is 0 Å². The van der Waals surface area contributed by atoms with Crippen molar-refractivity contribution in [2.24, 2.45) is 0 Å².